The third-order valence-corrected chi connectivity index (χ3v) is 9.46. The molecule has 0 aromatic heterocycles. The molecular weight excluding hydrogens is 536 g/mol. The maximum atomic E-state index is 15.3. The fourth-order valence-corrected chi connectivity index (χ4v) is 7.80. The van der Waals surface area contributed by atoms with Gasteiger partial charge in [-0.3, -0.25) is 9.59 Å². The van der Waals surface area contributed by atoms with Gasteiger partial charge in [-0.15, -0.1) is 0 Å². The first kappa shape index (κ1) is 26.0. The molecule has 2 amide bonds. The largest absolute Gasteiger partial charge is 0.465 e. The summed E-state index contributed by atoms with van der Waals surface area (Å²) in [6.07, 6.45) is 1.77. The number of ether oxygens (including phenoxy) is 2. The molecule has 6 nitrogen and oxygen atoms in total. The van der Waals surface area contributed by atoms with Crippen LogP contribution in [0.25, 0.3) is 0 Å². The molecular formula is C37H32N2O4. The summed E-state index contributed by atoms with van der Waals surface area (Å²) >= 11 is 0. The molecule has 3 heterocycles. The summed E-state index contributed by atoms with van der Waals surface area (Å²) in [6.45, 7) is 4.56. The van der Waals surface area contributed by atoms with Crippen LogP contribution in [0.15, 0.2) is 121 Å². The van der Waals surface area contributed by atoms with E-state index in [0.29, 0.717) is 25.3 Å². The van der Waals surface area contributed by atoms with Crippen LogP contribution in [0.5, 0.6) is 0 Å². The molecule has 4 aromatic rings. The SMILES string of the molecule is CC1(C)OC2=C[C@]3(C(=O)N(Cc4ccccc4)c4ccccc43)[C@@]3(C[C@H]2O1)C(=O)N(Cc1ccccc1)c1ccccc13. The standard InChI is InChI=1S/C37H32N2O4/c1-35(2)42-31-21-36(27-17-9-11-19-29(27)38(33(36)40)23-25-13-5-3-6-14-25)37(22-32(31)43-35)28-18-10-12-20-30(28)39(34(37)41)24-26-15-7-4-8-16-26/h3-21,32H,22-24H2,1-2H3/t32-,36+,37-/m1/s1. The number of anilines is 2. The molecule has 1 aliphatic carbocycles. The van der Waals surface area contributed by atoms with Crippen LogP contribution in [0.3, 0.4) is 0 Å². The normalized spacial score (nSPS) is 26.4. The number of hydrogen-bond acceptors (Lipinski definition) is 4. The van der Waals surface area contributed by atoms with Crippen LogP contribution in [0.2, 0.25) is 0 Å². The van der Waals surface area contributed by atoms with E-state index in [0.717, 1.165) is 33.6 Å². The van der Waals surface area contributed by atoms with E-state index in [2.05, 4.69) is 0 Å². The third kappa shape index (κ3) is 3.56. The predicted octanol–water partition coefficient (Wildman–Crippen LogP) is 6.40. The van der Waals surface area contributed by atoms with E-state index >= 15 is 9.59 Å². The fraction of sp³-hybridized carbons (Fsp3) is 0.243. The van der Waals surface area contributed by atoms with E-state index in [-0.39, 0.29) is 11.8 Å². The lowest BCUT2D eigenvalue weighted by Gasteiger charge is -2.46. The zero-order valence-electron chi connectivity index (χ0n) is 24.2. The highest BCUT2D eigenvalue weighted by Crippen LogP contribution is 2.64. The first-order chi connectivity index (χ1) is 20.8. The van der Waals surface area contributed by atoms with Gasteiger partial charge in [0.1, 0.15) is 22.7 Å². The predicted molar refractivity (Wildman–Crippen MR) is 164 cm³/mol. The van der Waals surface area contributed by atoms with Crippen molar-refractivity contribution in [3.63, 3.8) is 0 Å². The number of benzene rings is 4. The molecule has 0 radical (unpaired) electrons. The van der Waals surface area contributed by atoms with Crippen LogP contribution in [0, 0.1) is 0 Å². The van der Waals surface area contributed by atoms with Gasteiger partial charge >= 0.3 is 0 Å². The number of fused-ring (bicyclic) bond motifs is 6. The molecule has 3 atom stereocenters. The van der Waals surface area contributed by atoms with Gasteiger partial charge in [-0.1, -0.05) is 97.1 Å². The Hall–Kier alpha value is -4.68. The van der Waals surface area contributed by atoms with Gasteiger partial charge < -0.3 is 19.3 Å². The van der Waals surface area contributed by atoms with Crippen molar-refractivity contribution in [1.29, 1.82) is 0 Å². The molecule has 214 valence electrons. The fourth-order valence-electron chi connectivity index (χ4n) is 7.80. The zero-order valence-corrected chi connectivity index (χ0v) is 24.2. The van der Waals surface area contributed by atoms with Gasteiger partial charge in [0.05, 0.1) is 13.1 Å². The Morgan fingerprint density at radius 3 is 1.81 bits per heavy atom. The minimum absolute atomic E-state index is 0.0918. The molecule has 43 heavy (non-hydrogen) atoms. The highest BCUT2D eigenvalue weighted by atomic mass is 16.7. The Morgan fingerprint density at radius 1 is 0.674 bits per heavy atom. The number of carbonyl (C=O) groups is 2. The van der Waals surface area contributed by atoms with Crippen LogP contribution in [-0.2, 0) is 43.0 Å². The van der Waals surface area contributed by atoms with E-state index in [1.165, 1.54) is 0 Å². The van der Waals surface area contributed by atoms with Crippen LogP contribution in [0.1, 0.15) is 42.5 Å². The molecule has 6 heteroatoms. The Labute approximate surface area is 251 Å². The molecule has 2 spiro atoms. The summed E-state index contributed by atoms with van der Waals surface area (Å²) in [5, 5.41) is 0. The highest BCUT2D eigenvalue weighted by molar-refractivity contribution is 6.20. The summed E-state index contributed by atoms with van der Waals surface area (Å²) in [7, 11) is 0. The highest BCUT2D eigenvalue weighted by Gasteiger charge is 2.73. The summed E-state index contributed by atoms with van der Waals surface area (Å²) in [5.41, 5.74) is 2.79. The summed E-state index contributed by atoms with van der Waals surface area (Å²) in [5.74, 6) is -0.474. The third-order valence-electron chi connectivity index (χ3n) is 9.46. The van der Waals surface area contributed by atoms with Crippen molar-refractivity contribution in [2.75, 3.05) is 9.80 Å². The average molecular weight is 569 g/mol. The minimum Gasteiger partial charge on any atom is -0.465 e. The average Bonchev–Trinajstić information content (AvgIpc) is 3.54. The lowest BCUT2D eigenvalue weighted by molar-refractivity contribution is -0.142. The van der Waals surface area contributed by atoms with Gasteiger partial charge in [0.2, 0.25) is 17.6 Å². The second-order valence-electron chi connectivity index (χ2n) is 12.4. The topological polar surface area (TPSA) is 59.1 Å². The number of hydrogen-bond donors (Lipinski definition) is 0. The van der Waals surface area contributed by atoms with Crippen molar-refractivity contribution in [2.24, 2.45) is 0 Å². The number of nitrogens with zero attached hydrogens (tertiary/aromatic N) is 2. The van der Waals surface area contributed by atoms with Gasteiger partial charge in [0.15, 0.2) is 0 Å². The number of amides is 2. The van der Waals surface area contributed by atoms with Crippen molar-refractivity contribution in [1.82, 2.24) is 0 Å². The molecule has 1 fully saturated rings. The van der Waals surface area contributed by atoms with Crippen LogP contribution < -0.4 is 9.80 Å². The molecule has 0 unspecified atom stereocenters. The summed E-state index contributed by atoms with van der Waals surface area (Å²) in [6, 6.07) is 35.9. The van der Waals surface area contributed by atoms with Gasteiger partial charge in [0.25, 0.3) is 0 Å². The lowest BCUT2D eigenvalue weighted by atomic mass is 9.53. The molecule has 4 aromatic carbocycles. The molecule has 3 aliphatic heterocycles. The van der Waals surface area contributed by atoms with Crippen LogP contribution in [-0.4, -0.2) is 23.7 Å². The second kappa shape index (κ2) is 9.16. The van der Waals surface area contributed by atoms with Gasteiger partial charge in [-0.2, -0.15) is 0 Å². The Balaban J connectivity index is 1.38. The lowest BCUT2D eigenvalue weighted by Crippen LogP contribution is -2.62. The Morgan fingerprint density at radius 2 is 1.19 bits per heavy atom. The zero-order chi connectivity index (χ0) is 29.4. The van der Waals surface area contributed by atoms with E-state index in [4.69, 9.17) is 9.47 Å². The summed E-state index contributed by atoms with van der Waals surface area (Å²) < 4.78 is 12.8. The quantitative estimate of drug-likeness (QED) is 0.286. The number of rotatable bonds is 4. The number of carbonyl (C=O) groups excluding carboxylic acids is 2. The monoisotopic (exact) mass is 568 g/mol. The number of para-hydroxylation sites is 2. The molecule has 0 bridgehead atoms. The van der Waals surface area contributed by atoms with Gasteiger partial charge in [-0.25, -0.2) is 0 Å². The van der Waals surface area contributed by atoms with Crippen molar-refractivity contribution < 1.29 is 19.1 Å². The van der Waals surface area contributed by atoms with Crippen molar-refractivity contribution in [3.05, 3.63) is 143 Å². The van der Waals surface area contributed by atoms with E-state index in [1.807, 2.05) is 139 Å². The molecule has 1 saturated heterocycles. The van der Waals surface area contributed by atoms with E-state index < -0.39 is 22.7 Å². The molecule has 0 N–H and O–H groups in total. The van der Waals surface area contributed by atoms with Crippen molar-refractivity contribution in [3.8, 4) is 0 Å². The summed E-state index contributed by atoms with van der Waals surface area (Å²) in [4.78, 5) is 34.3. The molecule has 4 aliphatic rings. The maximum Gasteiger partial charge on any atom is 0.243 e. The Bertz CT molecular complexity index is 1800. The van der Waals surface area contributed by atoms with E-state index in [1.54, 1.807) is 0 Å². The first-order valence-electron chi connectivity index (χ1n) is 14.8. The van der Waals surface area contributed by atoms with Crippen LogP contribution >= 0.6 is 0 Å². The van der Waals surface area contributed by atoms with E-state index in [9.17, 15) is 0 Å². The van der Waals surface area contributed by atoms with Crippen molar-refractivity contribution >= 4 is 23.2 Å². The molecule has 0 saturated carbocycles. The smallest absolute Gasteiger partial charge is 0.243 e. The molecule has 8 rings (SSSR count). The first-order valence-corrected chi connectivity index (χ1v) is 14.8. The Kier molecular flexibility index (Phi) is 5.53. The van der Waals surface area contributed by atoms with Crippen molar-refractivity contribution in [2.45, 2.75) is 56.1 Å². The maximum absolute atomic E-state index is 15.3. The second-order valence-corrected chi connectivity index (χ2v) is 12.4. The minimum atomic E-state index is -1.33. The van der Waals surface area contributed by atoms with Gasteiger partial charge in [-0.05, 0) is 40.5 Å². The van der Waals surface area contributed by atoms with Crippen LogP contribution in [0.4, 0.5) is 11.4 Å². The van der Waals surface area contributed by atoms with Gasteiger partial charge in [0, 0.05) is 31.6 Å².